The molecule has 0 saturated carbocycles. The maximum atomic E-state index is 13.6. The van der Waals surface area contributed by atoms with Gasteiger partial charge < -0.3 is 4.74 Å². The van der Waals surface area contributed by atoms with Gasteiger partial charge in [-0.15, -0.1) is 0 Å². The van der Waals surface area contributed by atoms with E-state index in [1.165, 1.54) is 37.4 Å². The number of hydrogen-bond donors (Lipinski definition) is 0. The number of ketones is 1. The maximum absolute atomic E-state index is 13.6. The second-order valence-electron chi connectivity index (χ2n) is 7.42. The highest BCUT2D eigenvalue weighted by Crippen LogP contribution is 2.45. The normalized spacial score (nSPS) is 12.6. The van der Waals surface area contributed by atoms with Crippen molar-refractivity contribution in [2.75, 3.05) is 13.7 Å². The molecule has 0 aliphatic carbocycles. The van der Waals surface area contributed by atoms with Crippen molar-refractivity contribution in [1.29, 1.82) is 0 Å². The molecular formula is C24H13Cl5N2O5. The smallest absolute Gasteiger partial charge is 0.282 e. The van der Waals surface area contributed by atoms with Gasteiger partial charge in [0.05, 0.1) is 48.9 Å². The molecular weight excluding hydrogens is 574 g/mol. The first kappa shape index (κ1) is 26.3. The Balaban J connectivity index is 1.81. The number of imide groups is 1. The van der Waals surface area contributed by atoms with Gasteiger partial charge in [-0.05, 0) is 36.4 Å². The highest BCUT2D eigenvalue weighted by Gasteiger charge is 2.46. The van der Waals surface area contributed by atoms with Gasteiger partial charge in [0.1, 0.15) is 12.3 Å². The molecule has 184 valence electrons. The van der Waals surface area contributed by atoms with Crippen LogP contribution < -0.4 is 4.74 Å². The first-order valence-electron chi connectivity index (χ1n) is 10.1. The van der Waals surface area contributed by atoms with Gasteiger partial charge in [-0.3, -0.25) is 19.2 Å². The van der Waals surface area contributed by atoms with Crippen LogP contribution in [0.25, 0.3) is 0 Å². The molecule has 0 saturated heterocycles. The number of rotatable bonds is 6. The Morgan fingerprint density at radius 3 is 1.83 bits per heavy atom. The van der Waals surface area contributed by atoms with Gasteiger partial charge >= 0.3 is 0 Å². The quantitative estimate of drug-likeness (QED) is 0.143. The van der Waals surface area contributed by atoms with Crippen LogP contribution in [0, 0.1) is 0 Å². The van der Waals surface area contributed by atoms with E-state index >= 15 is 0 Å². The molecule has 7 nitrogen and oxygen atoms in total. The number of fused-ring (bicyclic) bond motifs is 1. The number of carbonyl (C=O) groups is 4. The van der Waals surface area contributed by atoms with Crippen LogP contribution in [-0.4, -0.2) is 47.2 Å². The van der Waals surface area contributed by atoms with Gasteiger partial charge in [-0.25, -0.2) is 5.01 Å². The Bertz CT molecular complexity index is 1390. The lowest BCUT2D eigenvalue weighted by Crippen LogP contribution is -2.51. The molecule has 36 heavy (non-hydrogen) atoms. The van der Waals surface area contributed by atoms with E-state index in [1.807, 2.05) is 0 Å². The van der Waals surface area contributed by atoms with Gasteiger partial charge in [0.15, 0.2) is 5.78 Å². The van der Waals surface area contributed by atoms with E-state index in [1.54, 1.807) is 18.2 Å². The average Bonchev–Trinajstić information content (AvgIpc) is 3.14. The number of methoxy groups -OCH3 is 1. The summed E-state index contributed by atoms with van der Waals surface area (Å²) in [5.41, 5.74) is -0.525. The summed E-state index contributed by atoms with van der Waals surface area (Å²) in [5.74, 6) is -2.98. The topological polar surface area (TPSA) is 84.0 Å². The van der Waals surface area contributed by atoms with Gasteiger partial charge in [0.25, 0.3) is 17.7 Å². The van der Waals surface area contributed by atoms with Gasteiger partial charge in [0, 0.05) is 5.56 Å². The van der Waals surface area contributed by atoms with Gasteiger partial charge in [0.2, 0.25) is 0 Å². The van der Waals surface area contributed by atoms with Crippen molar-refractivity contribution in [2.45, 2.75) is 0 Å². The molecule has 0 aromatic heterocycles. The highest BCUT2D eigenvalue weighted by molar-refractivity contribution is 6.55. The zero-order chi connectivity index (χ0) is 26.3. The lowest BCUT2D eigenvalue weighted by Gasteiger charge is -2.29. The zero-order valence-corrected chi connectivity index (χ0v) is 21.9. The molecule has 0 spiro atoms. The summed E-state index contributed by atoms with van der Waals surface area (Å²) in [6, 6.07) is 12.0. The number of hydrogen-bond acceptors (Lipinski definition) is 5. The summed E-state index contributed by atoms with van der Waals surface area (Å²) in [7, 11) is 1.47. The molecule has 0 atom stereocenters. The summed E-state index contributed by atoms with van der Waals surface area (Å²) < 4.78 is 5.09. The van der Waals surface area contributed by atoms with E-state index in [-0.39, 0.29) is 47.4 Å². The van der Waals surface area contributed by atoms with E-state index in [4.69, 9.17) is 62.7 Å². The van der Waals surface area contributed by atoms with E-state index in [9.17, 15) is 19.2 Å². The number of halogens is 5. The number of Topliss-reactive ketones (excluding diaryl/α,β-unsaturated/α-hetero) is 1. The predicted octanol–water partition coefficient (Wildman–Crippen LogP) is 6.50. The number of benzene rings is 3. The van der Waals surface area contributed by atoms with Crippen LogP contribution >= 0.6 is 58.0 Å². The van der Waals surface area contributed by atoms with E-state index in [2.05, 4.69) is 0 Å². The monoisotopic (exact) mass is 584 g/mol. The van der Waals surface area contributed by atoms with E-state index in [0.717, 1.165) is 0 Å². The number of carbonyl (C=O) groups excluding carboxylic acids is 4. The van der Waals surface area contributed by atoms with Crippen LogP contribution in [0.2, 0.25) is 25.1 Å². The molecule has 0 fully saturated rings. The van der Waals surface area contributed by atoms with Crippen molar-refractivity contribution in [1.82, 2.24) is 10.0 Å². The van der Waals surface area contributed by atoms with E-state index in [0.29, 0.717) is 15.8 Å². The summed E-state index contributed by atoms with van der Waals surface area (Å²) in [4.78, 5) is 53.5. The fraction of sp³-hybridized carbons (Fsp3) is 0.0833. The second kappa shape index (κ2) is 10.3. The summed E-state index contributed by atoms with van der Waals surface area (Å²) in [5, 5.41) is 0.131. The molecule has 0 radical (unpaired) electrons. The van der Waals surface area contributed by atoms with Crippen molar-refractivity contribution in [3.05, 3.63) is 95.9 Å². The minimum absolute atomic E-state index is 0.0446. The zero-order valence-electron chi connectivity index (χ0n) is 18.2. The maximum Gasteiger partial charge on any atom is 0.282 e. The summed E-state index contributed by atoms with van der Waals surface area (Å²) in [6.07, 6.45) is 0. The molecule has 3 aromatic rings. The van der Waals surface area contributed by atoms with Crippen LogP contribution in [0.5, 0.6) is 5.75 Å². The van der Waals surface area contributed by atoms with Crippen molar-refractivity contribution in [3.63, 3.8) is 0 Å². The Kier molecular flexibility index (Phi) is 7.50. The summed E-state index contributed by atoms with van der Waals surface area (Å²) >= 11 is 30.8. The second-order valence-corrected chi connectivity index (χ2v) is 9.34. The minimum atomic E-state index is -1.01. The SMILES string of the molecule is COc1ccc(C(=O)CN(C(=O)c2ccccc2Cl)N2C(=O)c3c(Cl)c(Cl)c(Cl)c(Cl)c3C2=O)cc1. The Labute approximate surface area is 229 Å². The van der Waals surface area contributed by atoms with Crippen LogP contribution in [0.3, 0.4) is 0 Å². The molecule has 0 bridgehead atoms. The number of amides is 3. The molecule has 3 aromatic carbocycles. The molecule has 1 heterocycles. The van der Waals surface area contributed by atoms with Crippen LogP contribution in [0.1, 0.15) is 41.4 Å². The van der Waals surface area contributed by atoms with Crippen LogP contribution in [0.4, 0.5) is 0 Å². The first-order chi connectivity index (χ1) is 17.1. The van der Waals surface area contributed by atoms with Gasteiger partial charge in [-0.2, -0.15) is 5.01 Å². The fourth-order valence-corrected chi connectivity index (χ4v) is 4.80. The predicted molar refractivity (Wildman–Crippen MR) is 137 cm³/mol. The molecule has 1 aliphatic rings. The molecule has 4 rings (SSSR count). The molecule has 0 unspecified atom stereocenters. The molecule has 3 amide bonds. The molecule has 1 aliphatic heterocycles. The Morgan fingerprint density at radius 2 is 1.33 bits per heavy atom. The fourth-order valence-electron chi connectivity index (χ4n) is 3.57. The van der Waals surface area contributed by atoms with Crippen LogP contribution in [0.15, 0.2) is 48.5 Å². The third kappa shape index (κ3) is 4.42. The lowest BCUT2D eigenvalue weighted by molar-refractivity contribution is 0.00533. The number of ether oxygens (including phenoxy) is 1. The number of nitrogens with zero attached hydrogens (tertiary/aromatic N) is 2. The third-order valence-corrected chi connectivity index (χ3v) is 7.50. The number of hydrazine groups is 1. The van der Waals surface area contributed by atoms with Crippen molar-refractivity contribution in [2.24, 2.45) is 0 Å². The Morgan fingerprint density at radius 1 is 0.806 bits per heavy atom. The van der Waals surface area contributed by atoms with Crippen molar-refractivity contribution in [3.8, 4) is 5.75 Å². The third-order valence-electron chi connectivity index (χ3n) is 5.37. The lowest BCUT2D eigenvalue weighted by atomic mass is 10.1. The standard InChI is InChI=1S/C24H13Cl5N2O5/c1-36-12-8-6-11(7-9-12)15(32)10-30(22(33)13-4-2-3-5-14(13)25)31-23(34)16-17(24(31)35)19(27)21(29)20(28)18(16)26/h2-9H,10H2,1H3. The Hall–Kier alpha value is -2.81. The first-order valence-corrected chi connectivity index (χ1v) is 12.0. The highest BCUT2D eigenvalue weighted by atomic mass is 35.5. The van der Waals surface area contributed by atoms with Crippen molar-refractivity contribution >= 4 is 81.5 Å². The van der Waals surface area contributed by atoms with Crippen molar-refractivity contribution < 1.29 is 23.9 Å². The largest absolute Gasteiger partial charge is 0.497 e. The molecule has 12 heteroatoms. The van der Waals surface area contributed by atoms with Crippen LogP contribution in [-0.2, 0) is 0 Å². The van der Waals surface area contributed by atoms with Gasteiger partial charge in [-0.1, -0.05) is 70.1 Å². The minimum Gasteiger partial charge on any atom is -0.497 e. The summed E-state index contributed by atoms with van der Waals surface area (Å²) in [6.45, 7) is -0.696. The van der Waals surface area contributed by atoms with E-state index < -0.39 is 30.0 Å². The average molecular weight is 587 g/mol. The molecule has 0 N–H and O–H groups in total.